The number of carbonyl (C=O) groups is 1. The predicted molar refractivity (Wildman–Crippen MR) is 151 cm³/mol. The minimum absolute atomic E-state index is 0.160. The summed E-state index contributed by atoms with van der Waals surface area (Å²) in [4.78, 5) is 23.6. The monoisotopic (exact) mass is 710 g/mol. The maximum atomic E-state index is 13.8. The molecule has 36 heavy (non-hydrogen) atoms. The van der Waals surface area contributed by atoms with Gasteiger partial charge in [-0.25, -0.2) is 0 Å². The third-order valence-corrected chi connectivity index (χ3v) is 16.0. The van der Waals surface area contributed by atoms with Crippen LogP contribution in [0.15, 0.2) is 36.4 Å². The van der Waals surface area contributed by atoms with Crippen molar-refractivity contribution in [2.45, 2.75) is 66.2 Å². The third-order valence-electron chi connectivity index (χ3n) is 7.13. The molecule has 2 unspecified atom stereocenters. The van der Waals surface area contributed by atoms with E-state index >= 15 is 0 Å². The van der Waals surface area contributed by atoms with E-state index in [1.54, 1.807) is 0 Å². The Morgan fingerprint density at radius 2 is 1.22 bits per heavy atom. The van der Waals surface area contributed by atoms with Gasteiger partial charge < -0.3 is 0 Å². The minimum atomic E-state index is -1.17. The first-order valence-corrected chi connectivity index (χ1v) is 31.6. The number of hydrogen-bond acceptors (Lipinski definition) is 5. The summed E-state index contributed by atoms with van der Waals surface area (Å²) in [5, 5.41) is 0. The van der Waals surface area contributed by atoms with E-state index < -0.39 is 39.5 Å². The number of hydrogen-bond donors (Lipinski definition) is 0. The first kappa shape index (κ1) is 27.9. The van der Waals surface area contributed by atoms with E-state index in [9.17, 15) is 4.79 Å². The molecule has 0 fully saturated rings. The van der Waals surface area contributed by atoms with Crippen LogP contribution in [0.25, 0.3) is 0 Å². The van der Waals surface area contributed by atoms with E-state index in [0.717, 1.165) is 60.2 Å². The second-order valence-corrected chi connectivity index (χ2v) is 30.2. The molecule has 2 aliphatic heterocycles. The fourth-order valence-electron chi connectivity index (χ4n) is 5.12. The standard InChI is InChI=1S/C25H28O5.4CH3.2Sn.2H/c1-3-11-27-17-5-7-19-21(9-13-29-23(19)15-17)25(26)22-10-14-30-24-16-18(28-12-4-2)6-8-20(22)24;;;;;;;;/h5-8,15-16,21-22H,1-4,9-14H2;4*1H3;;;;. The van der Waals surface area contributed by atoms with Crippen LogP contribution in [0.1, 0.15) is 48.6 Å². The molecule has 0 radical (unpaired) electrons. The molecule has 0 amide bonds. The molecule has 2 aliphatic rings. The normalized spacial score (nSPS) is 18.7. The third kappa shape index (κ3) is 7.48. The van der Waals surface area contributed by atoms with Gasteiger partial charge in [-0.3, -0.25) is 0 Å². The maximum absolute atomic E-state index is 13.8. The quantitative estimate of drug-likeness (QED) is 0.194. The Balaban J connectivity index is 1.42. The molecule has 0 N–H and O–H groups in total. The average molecular weight is 708 g/mol. The van der Waals surface area contributed by atoms with E-state index in [-0.39, 0.29) is 17.6 Å². The molecule has 4 rings (SSSR count). The molecule has 0 aliphatic carbocycles. The molecule has 5 nitrogen and oxygen atoms in total. The fourth-order valence-corrected chi connectivity index (χ4v) is 10.7. The first-order chi connectivity index (χ1) is 17.4. The van der Waals surface area contributed by atoms with Gasteiger partial charge in [0.15, 0.2) is 0 Å². The Morgan fingerprint density at radius 1 is 0.778 bits per heavy atom. The summed E-state index contributed by atoms with van der Waals surface area (Å²) in [7, 11) is 0. The van der Waals surface area contributed by atoms with Crippen molar-refractivity contribution in [1.29, 1.82) is 0 Å². The van der Waals surface area contributed by atoms with Crippen molar-refractivity contribution in [1.82, 2.24) is 0 Å². The van der Waals surface area contributed by atoms with Crippen LogP contribution in [-0.4, -0.2) is 71.7 Å². The van der Waals surface area contributed by atoms with Crippen molar-refractivity contribution in [3.8, 4) is 23.0 Å². The van der Waals surface area contributed by atoms with Crippen LogP contribution in [-0.2, 0) is 4.79 Å². The molecular weight excluding hydrogens is 666 g/mol. The molecule has 7 heteroatoms. The van der Waals surface area contributed by atoms with Gasteiger partial charge in [0.1, 0.15) is 0 Å². The predicted octanol–water partition coefficient (Wildman–Crippen LogP) is 6.20. The first-order valence-electron chi connectivity index (χ1n) is 13.7. The van der Waals surface area contributed by atoms with Crippen LogP contribution >= 0.6 is 0 Å². The number of rotatable bonds is 12. The van der Waals surface area contributed by atoms with E-state index in [2.05, 4.69) is 19.8 Å². The van der Waals surface area contributed by atoms with Crippen LogP contribution in [0.4, 0.5) is 0 Å². The van der Waals surface area contributed by atoms with Crippen LogP contribution in [0.2, 0.25) is 28.6 Å². The summed E-state index contributed by atoms with van der Waals surface area (Å²) in [5.74, 6) is 3.20. The van der Waals surface area contributed by atoms with Gasteiger partial charge in [0.05, 0.1) is 0 Å². The second-order valence-electron chi connectivity index (χ2n) is 11.0. The molecule has 0 spiro atoms. The molecule has 196 valence electrons. The van der Waals surface area contributed by atoms with Crippen molar-refractivity contribution in [3.63, 3.8) is 0 Å². The SMILES string of the molecule is [CH3][SnH]([CH3])[CH2]CCOc1ccc2c(c1)OCCC2C(=O)C1CCOc2cc(OCC[CH2][SnH]([CH3])[CH3])ccc21. The molecule has 0 aromatic heterocycles. The van der Waals surface area contributed by atoms with E-state index in [1.807, 2.05) is 36.4 Å². The molecule has 2 aromatic carbocycles. The summed E-state index contributed by atoms with van der Waals surface area (Å²) < 4.78 is 26.6. The van der Waals surface area contributed by atoms with Crippen LogP contribution < -0.4 is 18.9 Å². The van der Waals surface area contributed by atoms with Gasteiger partial charge in [0.25, 0.3) is 0 Å². The van der Waals surface area contributed by atoms with Crippen LogP contribution in [0.3, 0.4) is 0 Å². The van der Waals surface area contributed by atoms with Crippen molar-refractivity contribution >= 4 is 45.3 Å². The molecule has 2 atom stereocenters. The van der Waals surface area contributed by atoms with Crippen LogP contribution in [0, 0.1) is 0 Å². The fraction of sp³-hybridized carbons (Fsp3) is 0.552. The molecule has 0 saturated carbocycles. The van der Waals surface area contributed by atoms with Gasteiger partial charge in [-0.15, -0.1) is 0 Å². The van der Waals surface area contributed by atoms with Crippen molar-refractivity contribution in [3.05, 3.63) is 47.5 Å². The Hall–Kier alpha value is -1.09. The van der Waals surface area contributed by atoms with Crippen LogP contribution in [0.5, 0.6) is 23.0 Å². The number of benzene rings is 2. The summed E-state index contributed by atoms with van der Waals surface area (Å²) in [6, 6.07) is 12.0. The Bertz CT molecular complexity index is 943. The van der Waals surface area contributed by atoms with Crippen molar-refractivity contribution in [2.24, 2.45) is 0 Å². The summed E-state index contributed by atoms with van der Waals surface area (Å²) in [5.41, 5.74) is 1.97. The molecule has 0 bridgehead atoms. The van der Waals surface area contributed by atoms with Gasteiger partial charge in [-0.2, -0.15) is 0 Å². The van der Waals surface area contributed by atoms with Gasteiger partial charge in [-0.05, 0) is 0 Å². The molecule has 0 saturated heterocycles. The Kier molecular flexibility index (Phi) is 10.6. The van der Waals surface area contributed by atoms with Crippen molar-refractivity contribution in [2.75, 3.05) is 26.4 Å². The number of ketones is 1. The molecular formula is C29H42O5Sn2. The van der Waals surface area contributed by atoms with Crippen molar-refractivity contribution < 1.29 is 23.7 Å². The second kappa shape index (κ2) is 13.6. The summed E-state index contributed by atoms with van der Waals surface area (Å²) >= 11 is -2.34. The topological polar surface area (TPSA) is 54.0 Å². The Morgan fingerprint density at radius 3 is 1.64 bits per heavy atom. The van der Waals surface area contributed by atoms with Gasteiger partial charge in [-0.1, -0.05) is 0 Å². The number of carbonyl (C=O) groups excluding carboxylic acids is 1. The Labute approximate surface area is 230 Å². The number of Topliss-reactive ketones (excluding diaryl/α,β-unsaturated/α-hetero) is 1. The van der Waals surface area contributed by atoms with E-state index in [1.165, 1.54) is 8.87 Å². The summed E-state index contributed by atoms with van der Waals surface area (Å²) in [6.45, 7) is 2.61. The zero-order valence-electron chi connectivity index (χ0n) is 22.4. The zero-order valence-corrected chi connectivity index (χ0v) is 29.0. The molecule has 2 heterocycles. The average Bonchev–Trinajstić information content (AvgIpc) is 2.87. The molecule has 2 aromatic rings. The van der Waals surface area contributed by atoms with E-state index in [4.69, 9.17) is 18.9 Å². The number of ether oxygens (including phenoxy) is 4. The van der Waals surface area contributed by atoms with Gasteiger partial charge in [0.2, 0.25) is 0 Å². The zero-order chi connectivity index (χ0) is 25.5. The van der Waals surface area contributed by atoms with Gasteiger partial charge >= 0.3 is 232 Å². The summed E-state index contributed by atoms with van der Waals surface area (Å²) in [6.07, 6.45) is 3.68. The number of fused-ring (bicyclic) bond motifs is 2. The van der Waals surface area contributed by atoms with Gasteiger partial charge in [0, 0.05) is 0 Å². The van der Waals surface area contributed by atoms with E-state index in [0.29, 0.717) is 26.1 Å².